The molecule has 21 heavy (non-hydrogen) atoms. The van der Waals surface area contributed by atoms with Crippen LogP contribution in [0.4, 0.5) is 0 Å². The van der Waals surface area contributed by atoms with Gasteiger partial charge in [-0.1, -0.05) is 66.7 Å². The van der Waals surface area contributed by atoms with Crippen LogP contribution in [0.1, 0.15) is 0 Å². The molecule has 3 aromatic rings. The van der Waals surface area contributed by atoms with Crippen LogP contribution < -0.4 is 4.65 Å². The molecule has 0 atom stereocenters. The highest BCUT2D eigenvalue weighted by atomic mass is 16.5. The van der Waals surface area contributed by atoms with Crippen LogP contribution in [0, 0.1) is 0 Å². The Morgan fingerprint density at radius 1 is 0.571 bits per heavy atom. The minimum absolute atomic E-state index is 0.613. The van der Waals surface area contributed by atoms with Crippen molar-refractivity contribution >= 4 is 7.69 Å². The first-order valence-corrected chi connectivity index (χ1v) is 6.75. The Labute approximate surface area is 125 Å². The summed E-state index contributed by atoms with van der Waals surface area (Å²) in [4.78, 5) is 0. The van der Waals surface area contributed by atoms with Crippen LogP contribution in [0.3, 0.4) is 0 Å². The summed E-state index contributed by atoms with van der Waals surface area (Å²) in [6.45, 7) is 0. The van der Waals surface area contributed by atoms with Gasteiger partial charge in [0.25, 0.3) is 0 Å². The molecule has 0 fully saturated rings. The second-order valence-corrected chi connectivity index (χ2v) is 4.69. The van der Waals surface area contributed by atoms with E-state index < -0.39 is 0 Å². The van der Waals surface area contributed by atoms with Crippen LogP contribution in [0.25, 0.3) is 22.3 Å². The highest BCUT2D eigenvalue weighted by molar-refractivity contribution is 6.17. The van der Waals surface area contributed by atoms with Gasteiger partial charge < -0.3 is 9.68 Å². The zero-order valence-electron chi connectivity index (χ0n) is 11.4. The first kappa shape index (κ1) is 13.5. The third kappa shape index (κ3) is 3.15. The lowest BCUT2D eigenvalue weighted by Gasteiger charge is -2.06. The third-order valence-electron chi connectivity index (χ3n) is 3.37. The summed E-state index contributed by atoms with van der Waals surface area (Å²) in [6.07, 6.45) is 0. The number of benzene rings is 3. The van der Waals surface area contributed by atoms with E-state index in [1.807, 2.05) is 42.5 Å². The van der Waals surface area contributed by atoms with Crippen molar-refractivity contribution in [2.45, 2.75) is 0 Å². The number of rotatable bonds is 4. The van der Waals surface area contributed by atoms with Gasteiger partial charge in [-0.25, -0.2) is 0 Å². The average molecular weight is 273 g/mol. The average Bonchev–Trinajstić information content (AvgIpc) is 2.57. The van der Waals surface area contributed by atoms with E-state index in [-0.39, 0.29) is 0 Å². The molecule has 0 saturated carbocycles. The molecule has 0 heterocycles. The first-order valence-electron chi connectivity index (χ1n) is 6.75. The first-order chi connectivity index (χ1) is 10.4. The van der Waals surface area contributed by atoms with Gasteiger partial charge in [-0.3, -0.25) is 0 Å². The molecule has 0 saturated heterocycles. The van der Waals surface area contributed by atoms with Crippen molar-refractivity contribution in [2.24, 2.45) is 0 Å². The fourth-order valence-corrected chi connectivity index (χ4v) is 2.27. The van der Waals surface area contributed by atoms with E-state index in [0.29, 0.717) is 13.4 Å². The molecule has 0 aliphatic rings. The molecule has 0 amide bonds. The molecule has 0 aliphatic heterocycles. The van der Waals surface area contributed by atoms with Gasteiger partial charge in [-0.15, -0.1) is 0 Å². The lowest BCUT2D eigenvalue weighted by molar-refractivity contribution is 0.454. The topological polar surface area (TPSA) is 29.5 Å². The Bertz CT molecular complexity index is 692. The van der Waals surface area contributed by atoms with Gasteiger partial charge >= 0.3 is 7.69 Å². The van der Waals surface area contributed by atoms with Crippen LogP contribution in [0.15, 0.2) is 78.9 Å². The zero-order valence-corrected chi connectivity index (χ0v) is 11.4. The zero-order chi connectivity index (χ0) is 14.5. The van der Waals surface area contributed by atoms with Crippen LogP contribution >= 0.6 is 0 Å². The van der Waals surface area contributed by atoms with E-state index >= 15 is 0 Å². The fraction of sp³-hybridized carbons (Fsp3) is 0. The summed E-state index contributed by atoms with van der Waals surface area (Å²) < 4.78 is 4.90. The van der Waals surface area contributed by atoms with E-state index in [1.165, 1.54) is 11.1 Å². The fourth-order valence-electron chi connectivity index (χ4n) is 2.27. The van der Waals surface area contributed by atoms with Gasteiger partial charge in [-0.2, -0.15) is 0 Å². The van der Waals surface area contributed by atoms with Gasteiger partial charge in [0.15, 0.2) is 0 Å². The Balaban J connectivity index is 1.84. The van der Waals surface area contributed by atoms with E-state index in [4.69, 9.17) is 9.68 Å². The molecule has 0 aromatic heterocycles. The Morgan fingerprint density at radius 2 is 1.00 bits per heavy atom. The predicted octanol–water partition coefficient (Wildman–Crippen LogP) is 3.93. The Hall–Kier alpha value is -2.52. The SMILES string of the molecule is O[B]Oc1ccc(-c2ccc(-c3ccccc3)cc2)cc1. The largest absolute Gasteiger partial charge is 0.569 e. The van der Waals surface area contributed by atoms with Crippen LogP contribution in [-0.4, -0.2) is 12.7 Å². The molecular weight excluding hydrogens is 259 g/mol. The van der Waals surface area contributed by atoms with Gasteiger partial charge in [0.05, 0.1) is 0 Å². The summed E-state index contributed by atoms with van der Waals surface area (Å²) in [7, 11) is 0.684. The van der Waals surface area contributed by atoms with Crippen molar-refractivity contribution < 1.29 is 9.68 Å². The van der Waals surface area contributed by atoms with E-state index in [9.17, 15) is 0 Å². The van der Waals surface area contributed by atoms with E-state index in [2.05, 4.69) is 36.4 Å². The minimum Gasteiger partial charge on any atom is -0.537 e. The molecule has 3 rings (SSSR count). The van der Waals surface area contributed by atoms with Crippen LogP contribution in [0.2, 0.25) is 0 Å². The van der Waals surface area contributed by atoms with Gasteiger partial charge in [0.2, 0.25) is 0 Å². The van der Waals surface area contributed by atoms with Crippen molar-refractivity contribution in [3.8, 4) is 28.0 Å². The van der Waals surface area contributed by atoms with E-state index in [0.717, 1.165) is 11.1 Å². The predicted molar refractivity (Wildman–Crippen MR) is 85.9 cm³/mol. The standard InChI is InChI=1S/C18H14BO2/c20-19-21-18-12-10-17(11-13-18)16-8-6-15(7-9-16)14-4-2-1-3-5-14/h1-13,20H. The monoisotopic (exact) mass is 273 g/mol. The molecule has 101 valence electrons. The van der Waals surface area contributed by atoms with Crippen molar-refractivity contribution in [1.82, 2.24) is 0 Å². The molecule has 0 bridgehead atoms. The molecule has 0 unspecified atom stereocenters. The third-order valence-corrected chi connectivity index (χ3v) is 3.37. The normalized spacial score (nSPS) is 10.1. The molecular formula is C18H14BO2. The van der Waals surface area contributed by atoms with Crippen molar-refractivity contribution in [3.05, 3.63) is 78.9 Å². The quantitative estimate of drug-likeness (QED) is 0.730. The molecule has 2 nitrogen and oxygen atoms in total. The summed E-state index contributed by atoms with van der Waals surface area (Å²) in [5, 5.41) is 8.60. The molecule has 3 aromatic carbocycles. The van der Waals surface area contributed by atoms with Gasteiger partial charge in [0, 0.05) is 0 Å². The molecule has 0 aliphatic carbocycles. The second-order valence-electron chi connectivity index (χ2n) is 4.69. The lowest BCUT2D eigenvalue weighted by Crippen LogP contribution is -1.99. The van der Waals surface area contributed by atoms with Crippen molar-refractivity contribution in [2.75, 3.05) is 0 Å². The van der Waals surface area contributed by atoms with Crippen LogP contribution in [0.5, 0.6) is 5.75 Å². The minimum atomic E-state index is 0.613. The van der Waals surface area contributed by atoms with Crippen molar-refractivity contribution in [1.29, 1.82) is 0 Å². The van der Waals surface area contributed by atoms with Gasteiger partial charge in [0.1, 0.15) is 5.75 Å². The number of hydrogen-bond donors (Lipinski definition) is 1. The highest BCUT2D eigenvalue weighted by Crippen LogP contribution is 2.26. The Morgan fingerprint density at radius 3 is 1.48 bits per heavy atom. The van der Waals surface area contributed by atoms with E-state index in [1.54, 1.807) is 0 Å². The van der Waals surface area contributed by atoms with Crippen LogP contribution in [-0.2, 0) is 0 Å². The van der Waals surface area contributed by atoms with Crippen molar-refractivity contribution in [3.63, 3.8) is 0 Å². The van der Waals surface area contributed by atoms with Gasteiger partial charge in [-0.05, 0) is 34.4 Å². The maximum Gasteiger partial charge on any atom is 0.569 e. The maximum atomic E-state index is 8.60. The molecule has 0 spiro atoms. The highest BCUT2D eigenvalue weighted by Gasteiger charge is 2.01. The summed E-state index contributed by atoms with van der Waals surface area (Å²) in [5.74, 6) is 0.613. The summed E-state index contributed by atoms with van der Waals surface area (Å²) in [6, 6.07) is 26.4. The molecule has 3 heteroatoms. The summed E-state index contributed by atoms with van der Waals surface area (Å²) >= 11 is 0. The maximum absolute atomic E-state index is 8.60. The lowest BCUT2D eigenvalue weighted by atomic mass is 10.0. The molecule has 1 N–H and O–H groups in total. The number of hydrogen-bond acceptors (Lipinski definition) is 2. The smallest absolute Gasteiger partial charge is 0.537 e. The molecule has 1 radical (unpaired) electrons. The summed E-state index contributed by atoms with van der Waals surface area (Å²) in [5.41, 5.74) is 4.68. The second kappa shape index (κ2) is 6.29. The Kier molecular flexibility index (Phi) is 4.03.